The average Bonchev–Trinajstić information content (AvgIpc) is 2.55. The molecule has 2 aromatic carbocycles. The van der Waals surface area contributed by atoms with Crippen LogP contribution < -0.4 is 16.0 Å². The Morgan fingerprint density at radius 1 is 1.08 bits per heavy atom. The van der Waals surface area contributed by atoms with E-state index in [1.54, 1.807) is 42.5 Å². The van der Waals surface area contributed by atoms with Crippen LogP contribution in [0.2, 0.25) is 5.02 Å². The number of carbonyl (C=O) groups excluding carboxylic acids is 1. The van der Waals surface area contributed by atoms with Gasteiger partial charge in [-0.3, -0.25) is 4.79 Å². The highest BCUT2D eigenvalue weighted by Gasteiger charge is 2.35. The van der Waals surface area contributed by atoms with Crippen LogP contribution in [0.3, 0.4) is 0 Å². The van der Waals surface area contributed by atoms with Crippen molar-refractivity contribution in [3.8, 4) is 0 Å². The summed E-state index contributed by atoms with van der Waals surface area (Å²) < 4.78 is -0.936. The van der Waals surface area contributed by atoms with Gasteiger partial charge in [0, 0.05) is 9.13 Å². The molecule has 4 nitrogen and oxygen atoms in total. The van der Waals surface area contributed by atoms with Crippen molar-refractivity contribution in [1.29, 1.82) is 0 Å². The molecule has 3 N–H and O–H groups in total. The number of anilines is 1. The lowest BCUT2D eigenvalue weighted by atomic mass is 10.2. The molecule has 1 atom stereocenters. The molecule has 0 radical (unpaired) electrons. The fourth-order valence-electron chi connectivity index (χ4n) is 1.90. The minimum absolute atomic E-state index is 0.136. The summed E-state index contributed by atoms with van der Waals surface area (Å²) in [4.78, 5) is 12.4. The van der Waals surface area contributed by atoms with Gasteiger partial charge in [-0.25, -0.2) is 0 Å². The maximum absolute atomic E-state index is 12.4. The molecule has 0 aromatic heterocycles. The topological polar surface area (TPSA) is 53.2 Å². The maximum atomic E-state index is 12.4. The molecule has 1 amide bonds. The maximum Gasteiger partial charge on any atom is 0.253 e. The van der Waals surface area contributed by atoms with E-state index in [2.05, 4.69) is 38.5 Å². The molecule has 26 heavy (non-hydrogen) atoms. The lowest BCUT2D eigenvalue weighted by Gasteiger charge is -2.28. The van der Waals surface area contributed by atoms with Crippen LogP contribution in [-0.4, -0.2) is 21.0 Å². The summed E-state index contributed by atoms with van der Waals surface area (Å²) in [5.74, 6) is -0.409. The number of carbonyl (C=O) groups is 1. The second-order valence-corrected chi connectivity index (χ2v) is 9.47. The van der Waals surface area contributed by atoms with Crippen LogP contribution >= 0.6 is 81.2 Å². The summed E-state index contributed by atoms with van der Waals surface area (Å²) in [5.41, 5.74) is 1.02. The van der Waals surface area contributed by atoms with Gasteiger partial charge in [0.2, 0.25) is 3.79 Å². The van der Waals surface area contributed by atoms with E-state index in [-0.39, 0.29) is 5.11 Å². The van der Waals surface area contributed by atoms with Crippen LogP contribution in [0.1, 0.15) is 10.4 Å². The van der Waals surface area contributed by atoms with Crippen LogP contribution in [0, 0.1) is 3.57 Å². The molecule has 0 bridgehead atoms. The first-order valence-corrected chi connectivity index (χ1v) is 10.1. The zero-order valence-electron chi connectivity index (χ0n) is 12.9. The third-order valence-electron chi connectivity index (χ3n) is 3.09. The van der Waals surface area contributed by atoms with E-state index in [4.69, 9.17) is 58.6 Å². The van der Waals surface area contributed by atoms with Gasteiger partial charge in [-0.1, -0.05) is 64.6 Å². The fraction of sp³-hybridized carbons (Fsp3) is 0.125. The van der Waals surface area contributed by atoms with E-state index < -0.39 is 15.9 Å². The monoisotopic (exact) mass is 561 g/mol. The van der Waals surface area contributed by atoms with Crippen LogP contribution in [0.25, 0.3) is 0 Å². The Kier molecular flexibility index (Phi) is 8.06. The Balaban J connectivity index is 2.09. The normalized spacial score (nSPS) is 12.2. The van der Waals surface area contributed by atoms with Crippen LogP contribution in [0.5, 0.6) is 0 Å². The Hall–Kier alpha value is -0.510. The third-order valence-corrected chi connectivity index (χ3v) is 4.96. The largest absolute Gasteiger partial charge is 0.339 e. The first-order valence-electron chi connectivity index (χ1n) is 7.12. The number of thiocarbonyl (C=S) groups is 1. The highest BCUT2D eigenvalue weighted by molar-refractivity contribution is 14.1. The van der Waals surface area contributed by atoms with Gasteiger partial charge in [0.15, 0.2) is 5.11 Å². The van der Waals surface area contributed by atoms with Crippen molar-refractivity contribution in [3.05, 3.63) is 62.7 Å². The molecule has 2 aromatic rings. The van der Waals surface area contributed by atoms with Crippen LogP contribution in [0.15, 0.2) is 48.5 Å². The molecule has 0 fully saturated rings. The minimum Gasteiger partial charge on any atom is -0.339 e. The smallest absolute Gasteiger partial charge is 0.253 e. The number of halogens is 5. The number of nitrogens with one attached hydrogen (secondary N) is 3. The highest BCUT2D eigenvalue weighted by Crippen LogP contribution is 2.29. The molecule has 0 aliphatic heterocycles. The number of amides is 1. The average molecular weight is 563 g/mol. The lowest BCUT2D eigenvalue weighted by Crippen LogP contribution is -2.56. The van der Waals surface area contributed by atoms with Crippen LogP contribution in [-0.2, 0) is 0 Å². The third kappa shape index (κ3) is 6.58. The van der Waals surface area contributed by atoms with E-state index in [9.17, 15) is 4.79 Å². The summed E-state index contributed by atoms with van der Waals surface area (Å²) in [6.45, 7) is 0. The Labute approximate surface area is 190 Å². The predicted octanol–water partition coefficient (Wildman–Crippen LogP) is 5.36. The molecule has 10 heteroatoms. The van der Waals surface area contributed by atoms with E-state index in [1.165, 1.54) is 0 Å². The summed E-state index contributed by atoms with van der Waals surface area (Å²) in [7, 11) is 0. The number of rotatable bonds is 4. The second kappa shape index (κ2) is 9.61. The summed E-state index contributed by atoms with van der Waals surface area (Å²) in [5, 5.41) is 8.91. The number of hydrogen-bond acceptors (Lipinski definition) is 2. The van der Waals surface area contributed by atoms with Crippen molar-refractivity contribution in [2.45, 2.75) is 9.96 Å². The number of alkyl halides is 3. The molecule has 0 saturated carbocycles. The molecule has 0 unspecified atom stereocenters. The highest BCUT2D eigenvalue weighted by atomic mass is 127. The first kappa shape index (κ1) is 21.8. The molecule has 0 heterocycles. The van der Waals surface area contributed by atoms with Crippen molar-refractivity contribution >= 4 is 97.9 Å². The van der Waals surface area contributed by atoms with Crippen molar-refractivity contribution in [2.75, 3.05) is 5.32 Å². The van der Waals surface area contributed by atoms with Crippen molar-refractivity contribution in [2.24, 2.45) is 0 Å². The van der Waals surface area contributed by atoms with Gasteiger partial charge in [0.05, 0.1) is 10.7 Å². The van der Waals surface area contributed by atoms with Crippen molar-refractivity contribution in [3.63, 3.8) is 0 Å². The number of benzene rings is 2. The summed E-state index contributed by atoms with van der Waals surface area (Å²) >= 11 is 31.3. The Bertz CT molecular complexity index is 816. The summed E-state index contributed by atoms with van der Waals surface area (Å²) in [6.07, 6.45) is -1.07. The lowest BCUT2D eigenvalue weighted by molar-refractivity contribution is 0.0934. The first-order chi connectivity index (χ1) is 12.2. The van der Waals surface area contributed by atoms with Crippen molar-refractivity contribution < 1.29 is 4.79 Å². The van der Waals surface area contributed by atoms with Gasteiger partial charge >= 0.3 is 0 Å². The molecule has 0 spiro atoms. The van der Waals surface area contributed by atoms with Crippen molar-refractivity contribution in [1.82, 2.24) is 10.6 Å². The number of para-hydroxylation sites is 1. The van der Waals surface area contributed by atoms with Gasteiger partial charge in [-0.15, -0.1) is 0 Å². The summed E-state index contributed by atoms with van der Waals surface area (Å²) in [6, 6.07) is 14.0. The minimum atomic E-state index is -1.84. The van der Waals surface area contributed by atoms with E-state index in [0.29, 0.717) is 16.3 Å². The molecular weight excluding hydrogens is 551 g/mol. The molecule has 2 rings (SSSR count). The Morgan fingerprint density at radius 2 is 1.77 bits per heavy atom. The molecule has 138 valence electrons. The zero-order valence-corrected chi connectivity index (χ0v) is 18.9. The van der Waals surface area contributed by atoms with Gasteiger partial charge in [-0.2, -0.15) is 0 Å². The van der Waals surface area contributed by atoms with Gasteiger partial charge in [0.25, 0.3) is 5.91 Å². The zero-order chi connectivity index (χ0) is 19.3. The quantitative estimate of drug-likeness (QED) is 0.203. The van der Waals surface area contributed by atoms with E-state index in [0.717, 1.165) is 3.57 Å². The van der Waals surface area contributed by atoms with E-state index >= 15 is 0 Å². The molecular formula is C16H12Cl4IN3OS. The van der Waals surface area contributed by atoms with Gasteiger partial charge in [0.1, 0.15) is 6.17 Å². The Morgan fingerprint density at radius 3 is 2.38 bits per heavy atom. The second-order valence-electron chi connectivity index (χ2n) is 5.04. The van der Waals surface area contributed by atoms with Gasteiger partial charge < -0.3 is 16.0 Å². The fourth-order valence-corrected chi connectivity index (χ4v) is 3.18. The standard InChI is InChI=1S/C16H12Cl4IN3OS/c17-11-6-1-2-7-12(11)22-15(26)24-14(16(18,19)20)23-13(25)9-4-3-5-10(21)8-9/h1-8,14H,(H,23,25)(H2,22,24,26)/t14-/m0/s1. The van der Waals surface area contributed by atoms with Crippen LogP contribution in [0.4, 0.5) is 5.69 Å². The predicted molar refractivity (Wildman–Crippen MR) is 122 cm³/mol. The number of hydrogen-bond donors (Lipinski definition) is 3. The van der Waals surface area contributed by atoms with Gasteiger partial charge in [-0.05, 0) is 65.1 Å². The SMILES string of the molecule is O=C(N[C@@H](NC(=S)Nc1ccccc1Cl)C(Cl)(Cl)Cl)c1cccc(I)c1. The van der Waals surface area contributed by atoms with E-state index in [1.807, 2.05) is 6.07 Å². The molecule has 0 aliphatic rings. The molecule has 0 saturated heterocycles. The molecule has 0 aliphatic carbocycles.